The Labute approximate surface area is 237 Å². The standard InChI is InChI=1S/C31H35F3N4O3/c1-30(2,3)41-29(39)38-12-4-5-26(38)25-15-20(6-7-23(25)19-9-13-40-14-10-19)22-16-24(28(35)37-18-22)21-8-11-36-27(17-21)31(32,33)34/h6-8,11,15-19,26H,4-5,9-10,12-14H2,1-3H3,(H2,35,37)/t26-/m0/s1. The highest BCUT2D eigenvalue weighted by Crippen LogP contribution is 2.42. The monoisotopic (exact) mass is 568 g/mol. The number of hydrogen-bond acceptors (Lipinski definition) is 6. The first-order valence-corrected chi connectivity index (χ1v) is 13.9. The third-order valence-electron chi connectivity index (χ3n) is 7.60. The number of rotatable bonds is 4. The van der Waals surface area contributed by atoms with Crippen LogP contribution in [0.5, 0.6) is 0 Å². The molecule has 10 heteroatoms. The largest absolute Gasteiger partial charge is 0.444 e. The number of alkyl halides is 3. The fourth-order valence-electron chi connectivity index (χ4n) is 5.67. The second-order valence-electron chi connectivity index (χ2n) is 11.6. The zero-order valence-corrected chi connectivity index (χ0v) is 23.5. The highest BCUT2D eigenvalue weighted by atomic mass is 19.4. The normalized spacial score (nSPS) is 18.5. The van der Waals surface area contributed by atoms with E-state index < -0.39 is 17.5 Å². The molecule has 0 radical (unpaired) electrons. The Hall–Kier alpha value is -3.66. The van der Waals surface area contributed by atoms with Gasteiger partial charge in [-0.2, -0.15) is 13.2 Å². The van der Waals surface area contributed by atoms with E-state index in [1.165, 1.54) is 11.6 Å². The van der Waals surface area contributed by atoms with Crippen molar-refractivity contribution in [1.29, 1.82) is 0 Å². The zero-order valence-electron chi connectivity index (χ0n) is 23.5. The van der Waals surface area contributed by atoms with Crippen LogP contribution < -0.4 is 5.73 Å². The van der Waals surface area contributed by atoms with Crippen LogP contribution in [0.25, 0.3) is 22.3 Å². The van der Waals surface area contributed by atoms with E-state index in [9.17, 15) is 18.0 Å². The third kappa shape index (κ3) is 6.48. The predicted molar refractivity (Wildman–Crippen MR) is 150 cm³/mol. The Morgan fingerprint density at radius 2 is 1.73 bits per heavy atom. The number of amides is 1. The quantitative estimate of drug-likeness (QED) is 0.353. The number of nitrogens with zero attached hydrogens (tertiary/aromatic N) is 3. The molecule has 2 aromatic heterocycles. The van der Waals surface area contributed by atoms with E-state index in [1.807, 2.05) is 31.7 Å². The smallest absolute Gasteiger partial charge is 0.433 e. The Morgan fingerprint density at radius 1 is 0.976 bits per heavy atom. The Kier molecular flexibility index (Phi) is 7.96. The van der Waals surface area contributed by atoms with Gasteiger partial charge in [0.15, 0.2) is 0 Å². The molecule has 4 heterocycles. The summed E-state index contributed by atoms with van der Waals surface area (Å²) in [5.74, 6) is 0.422. The van der Waals surface area contributed by atoms with Crippen molar-refractivity contribution < 1.29 is 27.4 Å². The second kappa shape index (κ2) is 11.3. The van der Waals surface area contributed by atoms with Crippen LogP contribution in [0.4, 0.5) is 23.8 Å². The average molecular weight is 569 g/mol. The van der Waals surface area contributed by atoms with E-state index in [0.717, 1.165) is 49.1 Å². The number of halogens is 3. The highest BCUT2D eigenvalue weighted by molar-refractivity contribution is 5.80. The number of hydrogen-bond donors (Lipinski definition) is 1. The van der Waals surface area contributed by atoms with Crippen molar-refractivity contribution in [1.82, 2.24) is 14.9 Å². The number of anilines is 1. The molecule has 2 N–H and O–H groups in total. The van der Waals surface area contributed by atoms with Crippen molar-refractivity contribution >= 4 is 11.9 Å². The third-order valence-corrected chi connectivity index (χ3v) is 7.60. The minimum Gasteiger partial charge on any atom is -0.444 e. The van der Waals surface area contributed by atoms with Crippen LogP contribution in [-0.4, -0.2) is 46.3 Å². The number of nitrogen functional groups attached to an aromatic ring is 1. The number of carbonyl (C=O) groups is 1. The van der Waals surface area contributed by atoms with E-state index >= 15 is 0 Å². The number of pyridine rings is 2. The van der Waals surface area contributed by atoms with E-state index in [2.05, 4.69) is 22.1 Å². The summed E-state index contributed by atoms with van der Waals surface area (Å²) in [5.41, 5.74) is 8.99. The summed E-state index contributed by atoms with van der Waals surface area (Å²) >= 11 is 0. The van der Waals surface area contributed by atoms with Gasteiger partial charge in [-0.1, -0.05) is 12.1 Å². The minimum absolute atomic E-state index is 0.124. The fourth-order valence-corrected chi connectivity index (χ4v) is 5.67. The number of nitrogens with two attached hydrogens (primary N) is 1. The highest BCUT2D eigenvalue weighted by Gasteiger charge is 2.36. The first-order valence-electron chi connectivity index (χ1n) is 13.9. The van der Waals surface area contributed by atoms with Gasteiger partial charge in [0.2, 0.25) is 0 Å². The van der Waals surface area contributed by atoms with Crippen LogP contribution in [0.3, 0.4) is 0 Å². The van der Waals surface area contributed by atoms with Crippen LogP contribution in [0.1, 0.15) is 75.2 Å². The summed E-state index contributed by atoms with van der Waals surface area (Å²) in [6.45, 7) is 7.55. The molecule has 7 nitrogen and oxygen atoms in total. The first-order chi connectivity index (χ1) is 19.4. The number of aromatic nitrogens is 2. The molecule has 2 saturated heterocycles. The van der Waals surface area contributed by atoms with Crippen molar-refractivity contribution in [3.8, 4) is 22.3 Å². The predicted octanol–water partition coefficient (Wildman–Crippen LogP) is 7.38. The van der Waals surface area contributed by atoms with Crippen LogP contribution in [0, 0.1) is 0 Å². The minimum atomic E-state index is -4.58. The number of likely N-dealkylation sites (tertiary alicyclic amines) is 1. The van der Waals surface area contributed by atoms with Gasteiger partial charge in [-0.3, -0.25) is 4.98 Å². The zero-order chi connectivity index (χ0) is 29.4. The topological polar surface area (TPSA) is 90.6 Å². The number of carbonyl (C=O) groups excluding carboxylic acids is 1. The lowest BCUT2D eigenvalue weighted by atomic mass is 9.83. The Balaban J connectivity index is 1.56. The lowest BCUT2D eigenvalue weighted by Gasteiger charge is -2.32. The Bertz CT molecular complexity index is 1410. The summed E-state index contributed by atoms with van der Waals surface area (Å²) in [6, 6.07) is 10.3. The molecule has 2 fully saturated rings. The number of benzene rings is 1. The van der Waals surface area contributed by atoms with Gasteiger partial charge >= 0.3 is 12.3 Å². The molecule has 2 aliphatic heterocycles. The van der Waals surface area contributed by atoms with Gasteiger partial charge in [0.25, 0.3) is 0 Å². The van der Waals surface area contributed by atoms with E-state index in [-0.39, 0.29) is 23.5 Å². The van der Waals surface area contributed by atoms with Crippen LogP contribution in [0.15, 0.2) is 48.8 Å². The van der Waals surface area contributed by atoms with Gasteiger partial charge in [0.1, 0.15) is 17.1 Å². The fraction of sp³-hybridized carbons (Fsp3) is 0.452. The maximum absolute atomic E-state index is 13.3. The first kappa shape index (κ1) is 28.9. The molecule has 2 aliphatic rings. The van der Waals surface area contributed by atoms with Crippen molar-refractivity contribution in [3.63, 3.8) is 0 Å². The molecule has 1 aromatic carbocycles. The molecular formula is C31H35F3N4O3. The molecule has 1 amide bonds. The van der Waals surface area contributed by atoms with Gasteiger partial charge in [0.05, 0.1) is 6.04 Å². The van der Waals surface area contributed by atoms with Crippen molar-refractivity contribution in [3.05, 3.63) is 65.6 Å². The second-order valence-corrected chi connectivity index (χ2v) is 11.6. The maximum atomic E-state index is 13.3. The molecule has 3 aromatic rings. The van der Waals surface area contributed by atoms with Crippen molar-refractivity contribution in [2.75, 3.05) is 25.5 Å². The molecule has 0 bridgehead atoms. The van der Waals surface area contributed by atoms with Gasteiger partial charge in [-0.15, -0.1) is 0 Å². The molecule has 1 atom stereocenters. The Morgan fingerprint density at radius 3 is 2.44 bits per heavy atom. The average Bonchev–Trinajstić information content (AvgIpc) is 3.43. The molecule has 0 spiro atoms. The molecule has 5 rings (SSSR count). The van der Waals surface area contributed by atoms with Crippen molar-refractivity contribution in [2.45, 2.75) is 70.2 Å². The van der Waals surface area contributed by atoms with E-state index in [0.29, 0.717) is 36.8 Å². The lowest BCUT2D eigenvalue weighted by molar-refractivity contribution is -0.141. The summed E-state index contributed by atoms with van der Waals surface area (Å²) in [5, 5.41) is 0. The van der Waals surface area contributed by atoms with Crippen LogP contribution in [0.2, 0.25) is 0 Å². The summed E-state index contributed by atoms with van der Waals surface area (Å²) in [6.07, 6.45) is 1.28. The van der Waals surface area contributed by atoms with Gasteiger partial charge < -0.3 is 20.1 Å². The van der Waals surface area contributed by atoms with Crippen LogP contribution >= 0.6 is 0 Å². The lowest BCUT2D eigenvalue weighted by Crippen LogP contribution is -2.36. The van der Waals surface area contributed by atoms with Gasteiger partial charge in [-0.05, 0) is 98.9 Å². The SMILES string of the molecule is CC(C)(C)OC(=O)N1CCC[C@H]1c1cc(-c2cnc(N)c(-c3ccnc(C(F)(F)F)c3)c2)ccc1C1CCOCC1. The van der Waals surface area contributed by atoms with Crippen molar-refractivity contribution in [2.24, 2.45) is 0 Å². The molecular weight excluding hydrogens is 533 g/mol. The maximum Gasteiger partial charge on any atom is 0.433 e. The van der Waals surface area contributed by atoms with Gasteiger partial charge in [0, 0.05) is 43.3 Å². The summed E-state index contributed by atoms with van der Waals surface area (Å²) in [4.78, 5) is 22.8. The molecule has 0 aliphatic carbocycles. The van der Waals surface area contributed by atoms with Gasteiger partial charge in [-0.25, -0.2) is 9.78 Å². The summed E-state index contributed by atoms with van der Waals surface area (Å²) in [7, 11) is 0. The summed E-state index contributed by atoms with van der Waals surface area (Å²) < 4.78 is 51.4. The van der Waals surface area contributed by atoms with E-state index in [1.54, 1.807) is 12.3 Å². The molecule has 0 unspecified atom stereocenters. The van der Waals surface area contributed by atoms with Crippen LogP contribution in [-0.2, 0) is 15.7 Å². The number of ether oxygens (including phenoxy) is 2. The van der Waals surface area contributed by atoms with E-state index in [4.69, 9.17) is 15.2 Å². The molecule has 218 valence electrons. The molecule has 0 saturated carbocycles. The molecule has 41 heavy (non-hydrogen) atoms.